The molecular weight excluding hydrogens is 276 g/mol. The summed E-state index contributed by atoms with van der Waals surface area (Å²) in [6.07, 6.45) is 5.08. The molecule has 7 heteroatoms. The van der Waals surface area contributed by atoms with Gasteiger partial charge in [-0.25, -0.2) is 18.1 Å². The van der Waals surface area contributed by atoms with Crippen LogP contribution >= 0.6 is 0 Å². The van der Waals surface area contributed by atoms with E-state index in [0.717, 1.165) is 5.56 Å². The van der Waals surface area contributed by atoms with Gasteiger partial charge in [0.1, 0.15) is 16.7 Å². The molecule has 0 radical (unpaired) electrons. The number of nitriles is 1. The van der Waals surface area contributed by atoms with E-state index in [9.17, 15) is 8.42 Å². The molecule has 2 aromatic rings. The Balaban J connectivity index is 1.99. The van der Waals surface area contributed by atoms with E-state index in [4.69, 9.17) is 5.26 Å². The lowest BCUT2D eigenvalue weighted by Gasteiger charge is -2.06. The maximum atomic E-state index is 12.0. The molecule has 0 unspecified atom stereocenters. The van der Waals surface area contributed by atoms with E-state index in [0.29, 0.717) is 6.42 Å². The SMILES string of the molecule is N#Cc1ccc(S(=O)(=O)NCCc2cccnc2)cn1. The number of hydrogen-bond donors (Lipinski definition) is 1. The van der Waals surface area contributed by atoms with Gasteiger partial charge in [-0.05, 0) is 30.2 Å². The number of nitrogens with zero attached hydrogens (tertiary/aromatic N) is 3. The van der Waals surface area contributed by atoms with E-state index >= 15 is 0 Å². The predicted octanol–water partition coefficient (Wildman–Crippen LogP) is 0.869. The van der Waals surface area contributed by atoms with Crippen LogP contribution in [-0.4, -0.2) is 24.9 Å². The van der Waals surface area contributed by atoms with E-state index in [1.807, 2.05) is 12.1 Å². The van der Waals surface area contributed by atoms with Crippen molar-refractivity contribution in [1.29, 1.82) is 5.26 Å². The Morgan fingerprint density at radius 1 is 1.25 bits per heavy atom. The largest absolute Gasteiger partial charge is 0.264 e. The van der Waals surface area contributed by atoms with Crippen molar-refractivity contribution in [1.82, 2.24) is 14.7 Å². The quantitative estimate of drug-likeness (QED) is 0.880. The summed E-state index contributed by atoms with van der Waals surface area (Å²) in [6.45, 7) is 0.272. The zero-order chi connectivity index (χ0) is 14.4. The monoisotopic (exact) mass is 288 g/mol. The van der Waals surface area contributed by atoms with Crippen molar-refractivity contribution >= 4 is 10.0 Å². The molecule has 0 saturated heterocycles. The smallest absolute Gasteiger partial charge is 0.242 e. The lowest BCUT2D eigenvalue weighted by atomic mass is 10.2. The maximum Gasteiger partial charge on any atom is 0.242 e. The Hall–Kier alpha value is -2.30. The first kappa shape index (κ1) is 14.1. The van der Waals surface area contributed by atoms with Gasteiger partial charge in [0.15, 0.2) is 0 Å². The second kappa shape index (κ2) is 6.23. The van der Waals surface area contributed by atoms with Crippen LogP contribution in [0.4, 0.5) is 0 Å². The third-order valence-corrected chi connectivity index (χ3v) is 4.04. The molecule has 0 bridgehead atoms. The van der Waals surface area contributed by atoms with Gasteiger partial charge >= 0.3 is 0 Å². The summed E-state index contributed by atoms with van der Waals surface area (Å²) in [6, 6.07) is 8.25. The van der Waals surface area contributed by atoms with Gasteiger partial charge in [0.2, 0.25) is 10.0 Å². The van der Waals surface area contributed by atoms with Gasteiger partial charge in [-0.3, -0.25) is 4.98 Å². The Labute approximate surface area is 117 Å². The molecule has 102 valence electrons. The average molecular weight is 288 g/mol. The topological polar surface area (TPSA) is 95.7 Å². The summed E-state index contributed by atoms with van der Waals surface area (Å²) >= 11 is 0. The molecule has 0 fully saturated rings. The van der Waals surface area contributed by atoms with Gasteiger partial charge in [0.25, 0.3) is 0 Å². The molecule has 6 nitrogen and oxygen atoms in total. The minimum absolute atomic E-state index is 0.0442. The van der Waals surface area contributed by atoms with Crippen LogP contribution in [0.2, 0.25) is 0 Å². The number of pyridine rings is 2. The molecule has 2 aromatic heterocycles. The van der Waals surface area contributed by atoms with Crippen molar-refractivity contribution in [2.75, 3.05) is 6.54 Å². The van der Waals surface area contributed by atoms with Gasteiger partial charge in [0, 0.05) is 25.1 Å². The summed E-state index contributed by atoms with van der Waals surface area (Å²) in [5.41, 5.74) is 1.13. The fourth-order valence-electron chi connectivity index (χ4n) is 1.56. The van der Waals surface area contributed by atoms with Gasteiger partial charge in [-0.2, -0.15) is 5.26 Å². The number of nitrogens with one attached hydrogen (secondary N) is 1. The molecule has 0 atom stereocenters. The molecule has 20 heavy (non-hydrogen) atoms. The molecule has 0 aliphatic rings. The molecular formula is C13H12N4O2S. The summed E-state index contributed by atoms with van der Waals surface area (Å²) in [7, 11) is -3.60. The highest BCUT2D eigenvalue weighted by molar-refractivity contribution is 7.89. The molecule has 2 heterocycles. The summed E-state index contributed by atoms with van der Waals surface area (Å²) in [5.74, 6) is 0. The number of sulfonamides is 1. The van der Waals surface area contributed by atoms with Crippen molar-refractivity contribution < 1.29 is 8.42 Å². The fraction of sp³-hybridized carbons (Fsp3) is 0.154. The third-order valence-electron chi connectivity index (χ3n) is 2.59. The third kappa shape index (κ3) is 3.60. The van der Waals surface area contributed by atoms with E-state index < -0.39 is 10.0 Å². The van der Waals surface area contributed by atoms with Crippen LogP contribution in [0.3, 0.4) is 0 Å². The second-order valence-electron chi connectivity index (χ2n) is 4.00. The maximum absolute atomic E-state index is 12.0. The van der Waals surface area contributed by atoms with Crippen LogP contribution in [0.5, 0.6) is 0 Å². The van der Waals surface area contributed by atoms with Crippen molar-refractivity contribution in [2.45, 2.75) is 11.3 Å². The zero-order valence-electron chi connectivity index (χ0n) is 10.5. The molecule has 0 amide bonds. The number of aromatic nitrogens is 2. The Bertz CT molecular complexity index is 706. The van der Waals surface area contributed by atoms with Crippen LogP contribution in [0, 0.1) is 11.3 Å². The van der Waals surface area contributed by atoms with E-state index in [2.05, 4.69) is 14.7 Å². The molecule has 2 rings (SSSR count). The average Bonchev–Trinajstić information content (AvgIpc) is 2.48. The Morgan fingerprint density at radius 3 is 2.70 bits per heavy atom. The molecule has 0 spiro atoms. The molecule has 1 N–H and O–H groups in total. The standard InChI is InChI=1S/C13H12N4O2S/c14-8-12-3-4-13(10-16-12)20(18,19)17-7-5-11-2-1-6-15-9-11/h1-4,6,9-10,17H,5,7H2. The summed E-state index contributed by atoms with van der Waals surface area (Å²) in [4.78, 5) is 7.74. The molecule has 0 aromatic carbocycles. The van der Waals surface area contributed by atoms with E-state index in [1.165, 1.54) is 18.3 Å². The first-order valence-corrected chi connectivity index (χ1v) is 7.35. The van der Waals surface area contributed by atoms with Crippen molar-refractivity contribution in [3.05, 3.63) is 54.1 Å². The van der Waals surface area contributed by atoms with Crippen LogP contribution in [0.15, 0.2) is 47.8 Å². The minimum atomic E-state index is -3.60. The highest BCUT2D eigenvalue weighted by Crippen LogP contribution is 2.07. The van der Waals surface area contributed by atoms with Crippen LogP contribution in [0.25, 0.3) is 0 Å². The second-order valence-corrected chi connectivity index (χ2v) is 5.77. The van der Waals surface area contributed by atoms with Gasteiger partial charge in [0.05, 0.1) is 0 Å². The van der Waals surface area contributed by atoms with E-state index in [-0.39, 0.29) is 17.1 Å². The first-order chi connectivity index (χ1) is 9.62. The van der Waals surface area contributed by atoms with Gasteiger partial charge < -0.3 is 0 Å². The fourth-order valence-corrected chi connectivity index (χ4v) is 2.54. The number of rotatable bonds is 5. The lowest BCUT2D eigenvalue weighted by Crippen LogP contribution is -2.26. The number of hydrogen-bond acceptors (Lipinski definition) is 5. The molecule has 0 saturated carbocycles. The van der Waals surface area contributed by atoms with Crippen LogP contribution < -0.4 is 4.72 Å². The van der Waals surface area contributed by atoms with Crippen LogP contribution in [-0.2, 0) is 16.4 Å². The summed E-state index contributed by atoms with van der Waals surface area (Å²) in [5, 5.41) is 8.62. The van der Waals surface area contributed by atoms with Crippen LogP contribution in [0.1, 0.15) is 11.3 Å². The Kier molecular flexibility index (Phi) is 4.40. The van der Waals surface area contributed by atoms with Gasteiger partial charge in [-0.15, -0.1) is 0 Å². The lowest BCUT2D eigenvalue weighted by molar-refractivity contribution is 0.581. The highest BCUT2D eigenvalue weighted by Gasteiger charge is 2.13. The van der Waals surface area contributed by atoms with E-state index in [1.54, 1.807) is 18.5 Å². The summed E-state index contributed by atoms with van der Waals surface area (Å²) < 4.78 is 26.4. The Morgan fingerprint density at radius 2 is 2.10 bits per heavy atom. The zero-order valence-corrected chi connectivity index (χ0v) is 11.3. The van der Waals surface area contributed by atoms with Crippen molar-refractivity contribution in [3.63, 3.8) is 0 Å². The van der Waals surface area contributed by atoms with Crippen molar-refractivity contribution in [2.24, 2.45) is 0 Å². The first-order valence-electron chi connectivity index (χ1n) is 5.86. The normalized spacial score (nSPS) is 10.9. The molecule has 0 aliphatic carbocycles. The highest BCUT2D eigenvalue weighted by atomic mass is 32.2. The minimum Gasteiger partial charge on any atom is -0.264 e. The van der Waals surface area contributed by atoms with Crippen molar-refractivity contribution in [3.8, 4) is 6.07 Å². The molecule has 0 aliphatic heterocycles. The van der Waals surface area contributed by atoms with Gasteiger partial charge in [-0.1, -0.05) is 6.07 Å². The predicted molar refractivity (Wildman–Crippen MR) is 72.1 cm³/mol.